The summed E-state index contributed by atoms with van der Waals surface area (Å²) in [7, 11) is 0. The van der Waals surface area contributed by atoms with Gasteiger partial charge >= 0.3 is 131 Å². The molecule has 0 saturated carbocycles. The van der Waals surface area contributed by atoms with E-state index >= 15 is 0 Å². The van der Waals surface area contributed by atoms with Gasteiger partial charge in [0.1, 0.15) is 30.3 Å². The Labute approximate surface area is 736 Å². The summed E-state index contributed by atoms with van der Waals surface area (Å²) in [6.07, 6.45) is -40.7. The first kappa shape index (κ1) is 139. The molecule has 0 radical (unpaired) electrons. The van der Waals surface area contributed by atoms with Crippen molar-refractivity contribution in [3.63, 3.8) is 0 Å². The van der Waals surface area contributed by atoms with E-state index in [1.54, 1.807) is 6.07 Å². The van der Waals surface area contributed by atoms with Gasteiger partial charge in [0.15, 0.2) is 47.8 Å². The van der Waals surface area contributed by atoms with Gasteiger partial charge in [-0.05, 0) is 17.9 Å². The Morgan fingerprint density at radius 3 is 0.871 bits per heavy atom. The zero-order valence-corrected chi connectivity index (χ0v) is 67.7. The standard InChI is InChI=1S/C12H14O7.C7H12O5.C6H10O7.C6H10O6.C6H10O5.C5H7ClO6.C5H7NO7.C5H8O6.C5H8O5.C4H6O6.C4H6O5/c13-8(14)6-12(19,7-4-2-1-3-5-7)10(16)9(15)11(17)18;1-4(2-6(9)10)5(8)3-7(11)12;7-2(1-3(8)9)4(10)5(11)6(12)13;7-3(1-5(9)10)4(8)2-6(11)12;7-4(3-6(10)11)1-2-5(8)9;6-5(12,1-2(7)8)3(9)4(10)11;7-3(8)1-2(6(12)13)4(9)5(10)11;6-2(1-3(7)8)4(9)5(10)11;6-3(1-4(7)8)2-5(9)10;5-1(3(7)8)2(6)4(9)10;5-2(4(8)9)1-3(6)7/h1-5,9-10,15-16,19H,6H2,(H,13,14)(H,17,18);4-5,8H,2-3H2,1H3,(H,9,10)(H,11,12);2,4-5,7,10-11H,1H2,(H,8,9)(H,12,13);3-4,7-8H,1-2H2,(H,9,10)(H,11,12);4,7H,1-3H2,(H,8,9)(H,10,11);3,9,12H,1H2,(H,7,8)(H,10,11);2,4,9H,1H2,(H,7,8)(H,10,11);2,4,6,9H,1H2,(H,7,8)(H,10,11);3,6H,1-2H2,(H,7,8)(H,9,10);1-2,5-6H,(H,7,8)(H,9,10);2,5H,1H2,(H,6,7)(H,8,9). The quantitative estimate of drug-likeness (QED) is 0.0164. The van der Waals surface area contributed by atoms with Gasteiger partial charge in [0, 0.05) is 11.3 Å². The van der Waals surface area contributed by atoms with Crippen LogP contribution in [0.4, 0.5) is 0 Å². The fourth-order valence-corrected chi connectivity index (χ4v) is 7.21. The Morgan fingerprint density at radius 2 is 0.606 bits per heavy atom. The van der Waals surface area contributed by atoms with Crippen LogP contribution in [0, 0.1) is 16.0 Å². The third kappa shape index (κ3) is 79.9. The van der Waals surface area contributed by atoms with Crippen LogP contribution >= 0.6 is 11.6 Å². The molecule has 66 nitrogen and oxygen atoms in total. The van der Waals surface area contributed by atoms with Crippen molar-refractivity contribution in [1.29, 1.82) is 0 Å². The first-order valence-corrected chi connectivity index (χ1v) is 34.8. The largest absolute Gasteiger partial charge is 0.481 e. The van der Waals surface area contributed by atoms with E-state index < -0.39 is 340 Å². The van der Waals surface area contributed by atoms with Crippen molar-refractivity contribution in [1.82, 2.24) is 0 Å². The number of carbonyl (C=O) groups is 22. The molecule has 0 heterocycles. The molecule has 41 N–H and O–H groups in total. The molecule has 0 amide bonds. The zero-order valence-electron chi connectivity index (χ0n) is 66.9. The SMILES string of the molecule is CC(CC(=O)O)C(O)CC(=O)O.O=C(O)C(O)C(O)C(=O)O.O=C(O)CC(C(O)C(=O)O)[N+](=O)[O-].O=C(O)CC(O)(Cl)C(O)C(=O)O.O=C(O)CC(O)(c1ccccc1)C(O)C(O)C(=O)O.O=C(O)CC(O)C(=O)O.O=C(O)CC(O)C(O)C(=O)O.O=C(O)CC(O)C(O)C(O)C(=O)O.O=C(O)CC(O)C(O)CC(=O)O.O=C(O)CC(O)CC(=O)O.O=C(O)CCC(O)CC(=O)O. The van der Waals surface area contributed by atoms with Gasteiger partial charge in [-0.2, -0.15) is 0 Å². The summed E-state index contributed by atoms with van der Waals surface area (Å²) >= 11 is 5.02. The van der Waals surface area contributed by atoms with Crippen LogP contribution < -0.4 is 0 Å². The number of nitro groups is 1. The third-order valence-electron chi connectivity index (χ3n) is 13.5. The minimum Gasteiger partial charge on any atom is -0.481 e. The van der Waals surface area contributed by atoms with Crippen molar-refractivity contribution >= 4 is 143 Å². The minimum absolute atomic E-state index is 0.00481. The number of carboxylic acid groups (broad SMARTS) is 22. The molecule has 20 atom stereocenters. The lowest BCUT2D eigenvalue weighted by Gasteiger charge is -2.33. The van der Waals surface area contributed by atoms with Crippen LogP contribution in [-0.2, 0) is 111 Å². The summed E-state index contributed by atoms with van der Waals surface area (Å²) in [5.74, 6) is -32.2. The molecule has 0 fully saturated rings. The van der Waals surface area contributed by atoms with Gasteiger partial charge in [0.05, 0.1) is 114 Å². The topological polar surface area (TPSA) is 1250 Å². The first-order valence-electron chi connectivity index (χ1n) is 34.4. The molecule has 20 unspecified atom stereocenters. The Kier molecular flexibility index (Phi) is 77.2. The summed E-state index contributed by atoms with van der Waals surface area (Å²) < 4.78 is 0. The van der Waals surface area contributed by atoms with E-state index in [4.69, 9.17) is 206 Å². The monoisotopic (exact) mass is 1970 g/mol. The van der Waals surface area contributed by atoms with E-state index in [-0.39, 0.29) is 24.8 Å². The van der Waals surface area contributed by atoms with Crippen molar-refractivity contribution in [2.24, 2.45) is 5.92 Å². The second kappa shape index (κ2) is 73.3. The van der Waals surface area contributed by atoms with Gasteiger partial charge in [-0.25, -0.2) is 38.4 Å². The van der Waals surface area contributed by atoms with E-state index in [2.05, 4.69) is 0 Å². The molecular weight excluding hydrogens is 1870 g/mol. The first-order chi connectivity index (χ1) is 59.6. The fraction of sp³-hybridized carbons (Fsp3) is 0.569. The molecule has 0 spiro atoms. The maximum absolute atomic E-state index is 10.8. The van der Waals surface area contributed by atoms with E-state index in [1.807, 2.05) is 0 Å². The Bertz CT molecular complexity index is 3720. The molecule has 67 heteroatoms. The van der Waals surface area contributed by atoms with Crippen molar-refractivity contribution in [2.45, 2.75) is 224 Å². The fourth-order valence-electron chi connectivity index (χ4n) is 7.00. The van der Waals surface area contributed by atoms with Gasteiger partial charge in [-0.15, -0.1) is 0 Å². The molecule has 0 bridgehead atoms. The second-order valence-corrected chi connectivity index (χ2v) is 25.6. The van der Waals surface area contributed by atoms with Crippen molar-refractivity contribution in [3.05, 3.63) is 46.0 Å². The number of halogens is 1. The number of aliphatic hydroxyl groups excluding tert-OH is 17. The van der Waals surface area contributed by atoms with Gasteiger partial charge in [-0.1, -0.05) is 48.9 Å². The van der Waals surface area contributed by atoms with Gasteiger partial charge < -0.3 is 209 Å². The Balaban J connectivity index is -0.000000156. The molecule has 0 aliphatic heterocycles. The molecule has 1 aromatic carbocycles. The van der Waals surface area contributed by atoms with Crippen LogP contribution in [0.15, 0.2) is 30.3 Å². The van der Waals surface area contributed by atoms with E-state index in [0.717, 1.165) is 0 Å². The normalized spacial score (nSPS) is 15.1. The molecule has 1 rings (SSSR count). The number of rotatable bonds is 49. The average Bonchev–Trinajstić information content (AvgIpc) is 0.792. The highest BCUT2D eigenvalue weighted by atomic mass is 35.5. The number of hydrogen-bond acceptors (Lipinski definition) is 43. The molecule has 0 saturated heterocycles. The van der Waals surface area contributed by atoms with Gasteiger partial charge in [-0.3, -0.25) is 77.2 Å². The molecule has 1 aromatic rings. The maximum atomic E-state index is 10.8. The lowest BCUT2D eigenvalue weighted by molar-refractivity contribution is -0.530. The summed E-state index contributed by atoms with van der Waals surface area (Å²) in [5, 5.41) is 355. The van der Waals surface area contributed by atoms with Crippen LogP contribution in [0.3, 0.4) is 0 Å². The van der Waals surface area contributed by atoms with Crippen molar-refractivity contribution in [2.75, 3.05) is 0 Å². The number of aliphatic carboxylic acids is 22. The highest BCUT2D eigenvalue weighted by Crippen LogP contribution is 2.31. The van der Waals surface area contributed by atoms with Crippen LogP contribution in [0.2, 0.25) is 0 Å². The number of aliphatic hydroxyl groups is 19. The molecule has 0 aromatic heterocycles. The molecule has 132 heavy (non-hydrogen) atoms. The molecular formula is C65H98ClNO65. The molecule has 760 valence electrons. The minimum atomic E-state index is -2.67. The lowest BCUT2D eigenvalue weighted by atomic mass is 9.82. The highest BCUT2D eigenvalue weighted by molar-refractivity contribution is 6.25. The number of carboxylic acids is 22. The predicted octanol–water partition coefficient (Wildman–Crippen LogP) is -13.2. The van der Waals surface area contributed by atoms with E-state index in [1.165, 1.54) is 31.2 Å². The summed E-state index contributed by atoms with van der Waals surface area (Å²) in [4.78, 5) is 229. The third-order valence-corrected chi connectivity index (χ3v) is 13.9. The second-order valence-electron chi connectivity index (χ2n) is 25.0. The smallest absolute Gasteiger partial charge is 0.339 e. The summed E-state index contributed by atoms with van der Waals surface area (Å²) in [6, 6.07) is 5.23. The number of nitrogens with zero attached hydrogens (tertiary/aromatic N) is 1. The van der Waals surface area contributed by atoms with Crippen LogP contribution in [0.1, 0.15) is 109 Å². The number of benzene rings is 1. The van der Waals surface area contributed by atoms with Crippen LogP contribution in [-0.4, -0.2) is 460 Å². The van der Waals surface area contributed by atoms with Crippen LogP contribution in [0.5, 0.6) is 0 Å². The van der Waals surface area contributed by atoms with E-state index in [9.17, 15) is 131 Å². The summed E-state index contributed by atoms with van der Waals surface area (Å²) in [6.45, 7) is 1.50. The van der Waals surface area contributed by atoms with Gasteiger partial charge in [0.25, 0.3) is 6.04 Å². The predicted molar refractivity (Wildman–Crippen MR) is 400 cm³/mol. The maximum Gasteiger partial charge on any atom is 0.339 e. The van der Waals surface area contributed by atoms with Crippen molar-refractivity contribution in [3.8, 4) is 0 Å². The van der Waals surface area contributed by atoms with E-state index in [0.29, 0.717) is 0 Å². The molecule has 0 aliphatic carbocycles. The Morgan fingerprint density at radius 1 is 0.311 bits per heavy atom. The van der Waals surface area contributed by atoms with Crippen LogP contribution in [0.25, 0.3) is 0 Å². The highest BCUT2D eigenvalue weighted by Gasteiger charge is 2.46. The zero-order chi connectivity index (χ0) is 107. The number of hydrogen-bond donors (Lipinski definition) is 41. The van der Waals surface area contributed by atoms with Gasteiger partial charge in [0.2, 0.25) is 6.10 Å². The van der Waals surface area contributed by atoms with Crippen molar-refractivity contribution < 1.29 is 320 Å². The average molecular weight is 1970 g/mol. The molecule has 0 aliphatic rings. The Hall–Kier alpha value is -13.5. The number of alkyl halides is 1. The lowest BCUT2D eigenvalue weighted by Crippen LogP contribution is -2.50. The summed E-state index contributed by atoms with van der Waals surface area (Å²) in [5.41, 5.74) is -2.39.